The quantitative estimate of drug-likeness (QED) is 0.669. The molecule has 4 rings (SSSR count). The first-order valence-electron chi connectivity index (χ1n) is 8.27. The molecule has 0 saturated carbocycles. The fraction of sp³-hybridized carbons (Fsp3) is 0.100. The molecule has 3 aromatic rings. The van der Waals surface area contributed by atoms with Crippen LogP contribution in [0.3, 0.4) is 0 Å². The molecule has 1 aliphatic rings. The highest BCUT2D eigenvalue weighted by atomic mass is 35.5. The molecule has 1 N–H and O–H groups in total. The Balaban J connectivity index is 1.53. The Kier molecular flexibility index (Phi) is 4.64. The van der Waals surface area contributed by atoms with Gasteiger partial charge in [-0.05, 0) is 60.5 Å². The topological polar surface area (TPSA) is 62.6 Å². The Hall–Kier alpha value is -2.76. The van der Waals surface area contributed by atoms with Gasteiger partial charge in [0.1, 0.15) is 0 Å². The lowest BCUT2D eigenvalue weighted by molar-refractivity contribution is 0.0962. The van der Waals surface area contributed by atoms with Gasteiger partial charge < -0.3 is 14.6 Å². The zero-order chi connectivity index (χ0) is 19.0. The van der Waals surface area contributed by atoms with E-state index in [2.05, 4.69) is 5.32 Å². The molecule has 136 valence electrons. The molecule has 27 heavy (non-hydrogen) atoms. The molecule has 0 radical (unpaired) electrons. The SMILES string of the molecule is O=C(Nc1ccc2c(c1)CCN2C(=O)c1ccco1)c1ccc(Cl)c(Cl)c1. The first-order chi connectivity index (χ1) is 13.0. The van der Waals surface area contributed by atoms with Gasteiger partial charge in [0.15, 0.2) is 5.76 Å². The third-order valence-corrected chi connectivity index (χ3v) is 5.13. The van der Waals surface area contributed by atoms with Crippen LogP contribution >= 0.6 is 23.2 Å². The van der Waals surface area contributed by atoms with Crippen LogP contribution in [0.4, 0.5) is 11.4 Å². The molecule has 2 amide bonds. The third-order valence-electron chi connectivity index (χ3n) is 4.39. The van der Waals surface area contributed by atoms with E-state index in [-0.39, 0.29) is 11.8 Å². The maximum absolute atomic E-state index is 12.5. The minimum absolute atomic E-state index is 0.175. The van der Waals surface area contributed by atoms with Crippen molar-refractivity contribution in [1.82, 2.24) is 0 Å². The summed E-state index contributed by atoms with van der Waals surface area (Å²) in [5.41, 5.74) is 2.88. The second-order valence-corrected chi connectivity index (χ2v) is 6.92. The van der Waals surface area contributed by atoms with E-state index in [1.807, 2.05) is 12.1 Å². The number of nitrogens with zero attached hydrogens (tertiary/aromatic N) is 1. The molecule has 2 heterocycles. The van der Waals surface area contributed by atoms with Crippen molar-refractivity contribution in [2.45, 2.75) is 6.42 Å². The van der Waals surface area contributed by atoms with Gasteiger partial charge in [-0.1, -0.05) is 23.2 Å². The number of rotatable bonds is 3. The van der Waals surface area contributed by atoms with Gasteiger partial charge >= 0.3 is 0 Å². The fourth-order valence-corrected chi connectivity index (χ4v) is 3.36. The molecule has 0 atom stereocenters. The number of hydrogen-bond donors (Lipinski definition) is 1. The van der Waals surface area contributed by atoms with Crippen molar-refractivity contribution < 1.29 is 14.0 Å². The zero-order valence-corrected chi connectivity index (χ0v) is 15.6. The second-order valence-electron chi connectivity index (χ2n) is 6.11. The summed E-state index contributed by atoms with van der Waals surface area (Å²) in [4.78, 5) is 26.6. The van der Waals surface area contributed by atoms with Crippen LogP contribution in [0.2, 0.25) is 10.0 Å². The molecule has 1 aliphatic heterocycles. The van der Waals surface area contributed by atoms with E-state index in [4.69, 9.17) is 27.6 Å². The summed E-state index contributed by atoms with van der Waals surface area (Å²) in [5, 5.41) is 3.56. The van der Waals surface area contributed by atoms with Gasteiger partial charge in [0.25, 0.3) is 11.8 Å². The van der Waals surface area contributed by atoms with E-state index >= 15 is 0 Å². The zero-order valence-electron chi connectivity index (χ0n) is 14.0. The Morgan fingerprint density at radius 3 is 2.63 bits per heavy atom. The number of furan rings is 1. The van der Waals surface area contributed by atoms with E-state index in [0.717, 1.165) is 11.3 Å². The number of amides is 2. The van der Waals surface area contributed by atoms with Crippen LogP contribution in [-0.4, -0.2) is 18.4 Å². The minimum atomic E-state index is -0.282. The van der Waals surface area contributed by atoms with Gasteiger partial charge in [-0.25, -0.2) is 0 Å². The number of carbonyl (C=O) groups excluding carboxylic acids is 2. The lowest BCUT2D eigenvalue weighted by Gasteiger charge is -2.16. The molecular formula is C20H14Cl2N2O3. The minimum Gasteiger partial charge on any atom is -0.459 e. The number of fused-ring (bicyclic) bond motifs is 1. The molecule has 5 nitrogen and oxygen atoms in total. The number of anilines is 2. The van der Waals surface area contributed by atoms with Gasteiger partial charge in [0, 0.05) is 23.5 Å². The maximum Gasteiger partial charge on any atom is 0.293 e. The Morgan fingerprint density at radius 2 is 1.89 bits per heavy atom. The lowest BCUT2D eigenvalue weighted by atomic mass is 10.1. The highest BCUT2D eigenvalue weighted by molar-refractivity contribution is 6.42. The predicted octanol–water partition coefficient (Wildman–Crippen LogP) is 5.04. The van der Waals surface area contributed by atoms with Crippen LogP contribution in [0.1, 0.15) is 26.5 Å². The van der Waals surface area contributed by atoms with Crippen LogP contribution in [0.5, 0.6) is 0 Å². The average Bonchev–Trinajstić information content (AvgIpc) is 3.33. The molecule has 2 aromatic carbocycles. The van der Waals surface area contributed by atoms with E-state index in [0.29, 0.717) is 40.0 Å². The monoisotopic (exact) mass is 400 g/mol. The number of hydrogen-bond acceptors (Lipinski definition) is 3. The normalized spacial score (nSPS) is 12.7. The number of carbonyl (C=O) groups is 2. The van der Waals surface area contributed by atoms with Crippen molar-refractivity contribution in [1.29, 1.82) is 0 Å². The largest absolute Gasteiger partial charge is 0.459 e. The Bertz CT molecular complexity index is 1030. The second kappa shape index (κ2) is 7.10. The van der Waals surface area contributed by atoms with Crippen LogP contribution in [-0.2, 0) is 6.42 Å². The van der Waals surface area contributed by atoms with Crippen molar-refractivity contribution in [3.05, 3.63) is 81.7 Å². The molecule has 0 unspecified atom stereocenters. The molecule has 0 aliphatic carbocycles. The number of benzene rings is 2. The van der Waals surface area contributed by atoms with Crippen LogP contribution in [0.25, 0.3) is 0 Å². The van der Waals surface area contributed by atoms with E-state index in [1.54, 1.807) is 35.2 Å². The summed E-state index contributed by atoms with van der Waals surface area (Å²) in [7, 11) is 0. The first-order valence-corrected chi connectivity index (χ1v) is 9.03. The average molecular weight is 401 g/mol. The molecule has 0 fully saturated rings. The van der Waals surface area contributed by atoms with Crippen molar-refractivity contribution in [3.8, 4) is 0 Å². The lowest BCUT2D eigenvalue weighted by Crippen LogP contribution is -2.28. The molecule has 1 aromatic heterocycles. The number of nitrogens with one attached hydrogen (secondary N) is 1. The fourth-order valence-electron chi connectivity index (χ4n) is 3.06. The highest BCUT2D eigenvalue weighted by Gasteiger charge is 2.27. The summed E-state index contributed by atoms with van der Waals surface area (Å²) in [6.07, 6.45) is 2.18. The standard InChI is InChI=1S/C20H14Cl2N2O3/c21-15-5-3-13(11-16(15)22)19(25)23-14-4-6-17-12(10-14)7-8-24(17)20(26)18-2-1-9-27-18/h1-6,9-11H,7-8H2,(H,23,25). The van der Waals surface area contributed by atoms with Gasteiger partial charge in [0.05, 0.1) is 16.3 Å². The molecule has 0 bridgehead atoms. The smallest absolute Gasteiger partial charge is 0.293 e. The summed E-state index contributed by atoms with van der Waals surface area (Å²) < 4.78 is 5.20. The van der Waals surface area contributed by atoms with E-state index in [1.165, 1.54) is 12.3 Å². The summed E-state index contributed by atoms with van der Waals surface area (Å²) in [5.74, 6) is -0.152. The number of halogens is 2. The van der Waals surface area contributed by atoms with Crippen molar-refractivity contribution in [2.75, 3.05) is 16.8 Å². The molecule has 7 heteroatoms. The van der Waals surface area contributed by atoms with Crippen molar-refractivity contribution in [3.63, 3.8) is 0 Å². The first kappa shape index (κ1) is 17.6. The summed E-state index contributed by atoms with van der Waals surface area (Å²) in [6, 6.07) is 13.5. The van der Waals surface area contributed by atoms with E-state index < -0.39 is 0 Å². The summed E-state index contributed by atoms with van der Waals surface area (Å²) in [6.45, 7) is 0.569. The van der Waals surface area contributed by atoms with Crippen molar-refractivity contribution in [2.24, 2.45) is 0 Å². The Labute approximate surface area is 165 Å². The predicted molar refractivity (Wildman–Crippen MR) is 105 cm³/mol. The van der Waals surface area contributed by atoms with Gasteiger partial charge in [-0.2, -0.15) is 0 Å². The molecule has 0 spiro atoms. The van der Waals surface area contributed by atoms with Gasteiger partial charge in [0.2, 0.25) is 0 Å². The Morgan fingerprint density at radius 1 is 1.04 bits per heavy atom. The van der Waals surface area contributed by atoms with Crippen LogP contribution < -0.4 is 10.2 Å². The van der Waals surface area contributed by atoms with Crippen molar-refractivity contribution >= 4 is 46.4 Å². The van der Waals surface area contributed by atoms with Crippen LogP contribution in [0.15, 0.2) is 59.2 Å². The molecule has 0 saturated heterocycles. The van der Waals surface area contributed by atoms with E-state index in [9.17, 15) is 9.59 Å². The third kappa shape index (κ3) is 3.44. The van der Waals surface area contributed by atoms with Crippen LogP contribution in [0, 0.1) is 0 Å². The van der Waals surface area contributed by atoms with Gasteiger partial charge in [-0.15, -0.1) is 0 Å². The summed E-state index contributed by atoms with van der Waals surface area (Å²) >= 11 is 11.9. The maximum atomic E-state index is 12.5. The molecular weight excluding hydrogens is 387 g/mol. The highest BCUT2D eigenvalue weighted by Crippen LogP contribution is 2.32. The van der Waals surface area contributed by atoms with Gasteiger partial charge in [-0.3, -0.25) is 9.59 Å².